The van der Waals surface area contributed by atoms with Crippen LogP contribution >= 0.6 is 0 Å². The highest BCUT2D eigenvalue weighted by atomic mass is 16.3. The molecule has 0 aromatic carbocycles. The summed E-state index contributed by atoms with van der Waals surface area (Å²) >= 11 is 0. The maximum Gasteiger partial charge on any atom is 0.0524 e. The molecule has 2 N–H and O–H groups in total. The van der Waals surface area contributed by atoms with Crippen molar-refractivity contribution in [1.82, 2.24) is 10.2 Å². The molecule has 4 atom stereocenters. The van der Waals surface area contributed by atoms with Crippen molar-refractivity contribution in [2.75, 3.05) is 20.1 Å². The summed E-state index contributed by atoms with van der Waals surface area (Å²) in [5, 5.41) is 12.8. The number of aliphatic hydroxyl groups is 1. The van der Waals surface area contributed by atoms with Gasteiger partial charge in [-0.05, 0) is 46.2 Å². The number of nitrogens with one attached hydrogen (secondary N) is 1. The Hall–Kier alpha value is -0.120. The molecule has 0 radical (unpaired) electrons. The number of hydrogen-bond donors (Lipinski definition) is 2. The first-order valence-corrected chi connectivity index (χ1v) is 6.12. The average molecular weight is 214 g/mol. The quantitative estimate of drug-likeness (QED) is 0.735. The third kappa shape index (κ3) is 4.09. The second-order valence-electron chi connectivity index (χ2n) is 5.20. The lowest BCUT2D eigenvalue weighted by Gasteiger charge is -2.40. The molecule has 0 unspecified atom stereocenters. The largest absolute Gasteiger partial charge is 0.393 e. The Kier molecular flexibility index (Phi) is 5.03. The monoisotopic (exact) mass is 214 g/mol. The van der Waals surface area contributed by atoms with Crippen molar-refractivity contribution in [1.29, 1.82) is 0 Å². The highest BCUT2D eigenvalue weighted by Crippen LogP contribution is 2.20. The van der Waals surface area contributed by atoms with Crippen LogP contribution in [0, 0.1) is 5.92 Å². The molecule has 3 heteroatoms. The third-order valence-corrected chi connectivity index (χ3v) is 3.58. The first-order chi connectivity index (χ1) is 7.00. The van der Waals surface area contributed by atoms with Crippen LogP contribution in [-0.4, -0.2) is 48.3 Å². The van der Waals surface area contributed by atoms with Crippen LogP contribution in [0.2, 0.25) is 0 Å². The van der Waals surface area contributed by atoms with E-state index in [4.69, 9.17) is 0 Å². The molecule has 0 aromatic heterocycles. The number of likely N-dealkylation sites (tertiary alicyclic amines) is 1. The number of rotatable bonds is 4. The summed E-state index contributed by atoms with van der Waals surface area (Å²) in [6.45, 7) is 8.55. The van der Waals surface area contributed by atoms with Crippen molar-refractivity contribution >= 4 is 0 Å². The van der Waals surface area contributed by atoms with Crippen molar-refractivity contribution in [2.45, 2.75) is 51.8 Å². The number of aliphatic hydroxyl groups excluding tert-OH is 1. The molecule has 0 saturated carbocycles. The molecule has 0 aromatic rings. The topological polar surface area (TPSA) is 35.5 Å². The summed E-state index contributed by atoms with van der Waals surface area (Å²) < 4.78 is 0. The Morgan fingerprint density at radius 1 is 1.47 bits per heavy atom. The maximum absolute atomic E-state index is 9.19. The SMILES string of the molecule is C[C@@H]1CN(C)[C@@H](C)C[C@@H]1NCC[C@@H](C)O. The fourth-order valence-electron chi connectivity index (χ4n) is 2.30. The summed E-state index contributed by atoms with van der Waals surface area (Å²) in [4.78, 5) is 2.43. The Morgan fingerprint density at radius 3 is 2.73 bits per heavy atom. The average Bonchev–Trinajstić information content (AvgIpc) is 2.13. The summed E-state index contributed by atoms with van der Waals surface area (Å²) in [6.07, 6.45) is 1.89. The van der Waals surface area contributed by atoms with Gasteiger partial charge in [-0.3, -0.25) is 0 Å². The van der Waals surface area contributed by atoms with Gasteiger partial charge in [-0.25, -0.2) is 0 Å². The molecule has 1 heterocycles. The molecule has 15 heavy (non-hydrogen) atoms. The summed E-state index contributed by atoms with van der Waals surface area (Å²) in [7, 11) is 2.20. The van der Waals surface area contributed by atoms with Crippen LogP contribution in [0.25, 0.3) is 0 Å². The lowest BCUT2D eigenvalue weighted by Crippen LogP contribution is -2.51. The fourth-order valence-corrected chi connectivity index (χ4v) is 2.30. The van der Waals surface area contributed by atoms with Crippen LogP contribution in [0.3, 0.4) is 0 Å². The zero-order valence-corrected chi connectivity index (χ0v) is 10.5. The van der Waals surface area contributed by atoms with E-state index in [1.165, 1.54) is 13.0 Å². The molecule has 90 valence electrons. The van der Waals surface area contributed by atoms with E-state index in [-0.39, 0.29) is 6.10 Å². The van der Waals surface area contributed by atoms with Crippen molar-refractivity contribution < 1.29 is 5.11 Å². The van der Waals surface area contributed by atoms with Gasteiger partial charge in [0.25, 0.3) is 0 Å². The lowest BCUT2D eigenvalue weighted by molar-refractivity contribution is 0.117. The molecule has 1 saturated heterocycles. The van der Waals surface area contributed by atoms with Crippen LogP contribution in [0.5, 0.6) is 0 Å². The van der Waals surface area contributed by atoms with Gasteiger partial charge in [0.15, 0.2) is 0 Å². The molecule has 0 spiro atoms. The zero-order chi connectivity index (χ0) is 11.4. The van der Waals surface area contributed by atoms with Gasteiger partial charge in [-0.2, -0.15) is 0 Å². The van der Waals surface area contributed by atoms with Gasteiger partial charge in [0.1, 0.15) is 0 Å². The van der Waals surface area contributed by atoms with Crippen molar-refractivity contribution in [3.8, 4) is 0 Å². The van der Waals surface area contributed by atoms with Gasteiger partial charge >= 0.3 is 0 Å². The Balaban J connectivity index is 2.28. The number of nitrogens with zero attached hydrogens (tertiary/aromatic N) is 1. The minimum Gasteiger partial charge on any atom is -0.393 e. The predicted octanol–water partition coefficient (Wildman–Crippen LogP) is 1.08. The molecule has 1 rings (SSSR count). The molecule has 0 bridgehead atoms. The van der Waals surface area contributed by atoms with Gasteiger partial charge in [0, 0.05) is 18.6 Å². The van der Waals surface area contributed by atoms with Gasteiger partial charge in [-0.1, -0.05) is 6.92 Å². The first kappa shape index (κ1) is 12.9. The third-order valence-electron chi connectivity index (χ3n) is 3.58. The molecule has 3 nitrogen and oxygen atoms in total. The highest BCUT2D eigenvalue weighted by molar-refractivity contribution is 4.85. The summed E-state index contributed by atoms with van der Waals surface area (Å²) in [5.74, 6) is 0.709. The van der Waals surface area contributed by atoms with Crippen LogP contribution in [0.4, 0.5) is 0 Å². The normalized spacial score (nSPS) is 35.4. The van der Waals surface area contributed by atoms with Gasteiger partial charge < -0.3 is 15.3 Å². The van der Waals surface area contributed by atoms with E-state index >= 15 is 0 Å². The molecule has 0 aliphatic carbocycles. The molecule has 1 fully saturated rings. The Labute approximate surface area is 93.9 Å². The van der Waals surface area contributed by atoms with Gasteiger partial charge in [-0.15, -0.1) is 0 Å². The second kappa shape index (κ2) is 5.83. The Morgan fingerprint density at radius 2 is 2.13 bits per heavy atom. The van der Waals surface area contributed by atoms with Crippen molar-refractivity contribution in [2.24, 2.45) is 5.92 Å². The smallest absolute Gasteiger partial charge is 0.0524 e. The predicted molar refractivity (Wildman–Crippen MR) is 64.0 cm³/mol. The lowest BCUT2D eigenvalue weighted by atomic mass is 9.90. The van der Waals surface area contributed by atoms with E-state index in [9.17, 15) is 5.11 Å². The van der Waals surface area contributed by atoms with E-state index in [0.29, 0.717) is 18.0 Å². The Bertz CT molecular complexity index is 184. The fraction of sp³-hybridized carbons (Fsp3) is 1.00. The van der Waals surface area contributed by atoms with E-state index < -0.39 is 0 Å². The van der Waals surface area contributed by atoms with Crippen LogP contribution in [0.1, 0.15) is 33.6 Å². The standard InChI is InChI=1S/C12H26N2O/c1-9-8-14(4)10(2)7-12(9)13-6-5-11(3)15/h9-13,15H,5-8H2,1-4H3/t9-,10+,11-,12+/m1/s1. The summed E-state index contributed by atoms with van der Waals surface area (Å²) in [5.41, 5.74) is 0. The van der Waals surface area contributed by atoms with E-state index in [1.54, 1.807) is 0 Å². The van der Waals surface area contributed by atoms with Gasteiger partial charge in [0.2, 0.25) is 0 Å². The molecular weight excluding hydrogens is 188 g/mol. The molecular formula is C12H26N2O. The molecule has 0 amide bonds. The number of hydrogen-bond acceptors (Lipinski definition) is 3. The second-order valence-corrected chi connectivity index (χ2v) is 5.20. The first-order valence-electron chi connectivity index (χ1n) is 6.12. The van der Waals surface area contributed by atoms with E-state index in [0.717, 1.165) is 13.0 Å². The van der Waals surface area contributed by atoms with Crippen molar-refractivity contribution in [3.63, 3.8) is 0 Å². The number of piperidine rings is 1. The highest BCUT2D eigenvalue weighted by Gasteiger charge is 2.28. The van der Waals surface area contributed by atoms with Crippen molar-refractivity contribution in [3.05, 3.63) is 0 Å². The van der Waals surface area contributed by atoms with E-state index in [2.05, 4.69) is 31.1 Å². The minimum absolute atomic E-state index is 0.184. The minimum atomic E-state index is -0.184. The summed E-state index contributed by atoms with van der Waals surface area (Å²) in [6, 6.07) is 1.29. The maximum atomic E-state index is 9.19. The van der Waals surface area contributed by atoms with Gasteiger partial charge in [0.05, 0.1) is 6.10 Å². The molecule has 1 aliphatic rings. The van der Waals surface area contributed by atoms with Crippen LogP contribution in [0.15, 0.2) is 0 Å². The van der Waals surface area contributed by atoms with Crippen LogP contribution < -0.4 is 5.32 Å². The zero-order valence-electron chi connectivity index (χ0n) is 10.5. The van der Waals surface area contributed by atoms with E-state index in [1.807, 2.05) is 6.92 Å². The van der Waals surface area contributed by atoms with Crippen LogP contribution in [-0.2, 0) is 0 Å². The molecule has 1 aliphatic heterocycles.